The van der Waals surface area contributed by atoms with Gasteiger partial charge in [-0.3, -0.25) is 4.68 Å². The van der Waals surface area contributed by atoms with E-state index in [1.807, 2.05) is 13.8 Å². The molecule has 17 heavy (non-hydrogen) atoms. The molecule has 0 N–H and O–H groups in total. The van der Waals surface area contributed by atoms with Gasteiger partial charge in [0, 0.05) is 11.8 Å². The van der Waals surface area contributed by atoms with Gasteiger partial charge in [0.05, 0.1) is 28.0 Å². The van der Waals surface area contributed by atoms with Gasteiger partial charge >= 0.3 is 0 Å². The van der Waals surface area contributed by atoms with Gasteiger partial charge in [0.15, 0.2) is 0 Å². The van der Waals surface area contributed by atoms with Crippen molar-refractivity contribution in [1.82, 2.24) is 14.8 Å². The lowest BCUT2D eigenvalue weighted by molar-refractivity contribution is 0.657. The molecule has 0 aliphatic rings. The van der Waals surface area contributed by atoms with Crippen molar-refractivity contribution < 1.29 is 0 Å². The summed E-state index contributed by atoms with van der Waals surface area (Å²) in [5.41, 5.74) is 2.58. The van der Waals surface area contributed by atoms with Crippen LogP contribution in [-0.4, -0.2) is 14.8 Å². The molecule has 0 spiro atoms. The molecule has 90 valence electrons. The number of aryl methyl sites for hydroxylation is 1. The standard InChI is InChI=1S/C11H10Cl3N3/c1-6-11(14)7(2)17(16-6)5-8-4-15-10(13)3-9(8)12/h3-4H,5H2,1-2H3. The van der Waals surface area contributed by atoms with E-state index in [0.717, 1.165) is 17.0 Å². The van der Waals surface area contributed by atoms with Gasteiger partial charge in [-0.25, -0.2) is 4.98 Å². The number of hydrogen-bond acceptors (Lipinski definition) is 2. The Bertz CT molecular complexity index is 563. The second kappa shape index (κ2) is 4.84. The van der Waals surface area contributed by atoms with Crippen molar-refractivity contribution in [2.24, 2.45) is 0 Å². The predicted octanol–water partition coefficient (Wildman–Crippen LogP) is 3.90. The van der Waals surface area contributed by atoms with Crippen LogP contribution in [0.4, 0.5) is 0 Å². The molecule has 0 atom stereocenters. The molecule has 3 nitrogen and oxygen atoms in total. The summed E-state index contributed by atoms with van der Waals surface area (Å²) in [4.78, 5) is 4.00. The average Bonchev–Trinajstić information content (AvgIpc) is 2.50. The zero-order chi connectivity index (χ0) is 12.6. The lowest BCUT2D eigenvalue weighted by Gasteiger charge is -2.06. The Morgan fingerprint density at radius 1 is 1.24 bits per heavy atom. The van der Waals surface area contributed by atoms with Crippen molar-refractivity contribution in [2.45, 2.75) is 20.4 Å². The minimum Gasteiger partial charge on any atom is -0.264 e. The van der Waals surface area contributed by atoms with Gasteiger partial charge in [0.25, 0.3) is 0 Å². The van der Waals surface area contributed by atoms with E-state index in [1.54, 1.807) is 16.9 Å². The quantitative estimate of drug-likeness (QED) is 0.785. The van der Waals surface area contributed by atoms with E-state index in [2.05, 4.69) is 10.1 Å². The second-order valence-electron chi connectivity index (χ2n) is 3.74. The lowest BCUT2D eigenvalue weighted by Crippen LogP contribution is -2.05. The van der Waals surface area contributed by atoms with Crippen LogP contribution in [0, 0.1) is 13.8 Å². The first-order valence-corrected chi connectivity index (χ1v) is 6.12. The molecule has 0 bridgehead atoms. The fourth-order valence-electron chi connectivity index (χ4n) is 1.54. The van der Waals surface area contributed by atoms with E-state index in [1.165, 1.54) is 0 Å². The minimum absolute atomic E-state index is 0.380. The number of rotatable bonds is 2. The van der Waals surface area contributed by atoms with Gasteiger partial charge in [0.2, 0.25) is 0 Å². The molecule has 0 radical (unpaired) electrons. The Labute approximate surface area is 114 Å². The molecule has 0 aromatic carbocycles. The zero-order valence-corrected chi connectivity index (χ0v) is 11.6. The van der Waals surface area contributed by atoms with Crippen molar-refractivity contribution in [2.75, 3.05) is 0 Å². The van der Waals surface area contributed by atoms with Crippen molar-refractivity contribution in [1.29, 1.82) is 0 Å². The molecular formula is C11H10Cl3N3. The van der Waals surface area contributed by atoms with Crippen LogP contribution >= 0.6 is 34.8 Å². The van der Waals surface area contributed by atoms with Gasteiger partial charge in [-0.15, -0.1) is 0 Å². The van der Waals surface area contributed by atoms with Crippen LogP contribution in [0.1, 0.15) is 17.0 Å². The Balaban J connectivity index is 2.34. The van der Waals surface area contributed by atoms with Crippen LogP contribution in [0.25, 0.3) is 0 Å². The molecular weight excluding hydrogens is 281 g/mol. The Hall–Kier alpha value is -0.770. The van der Waals surface area contributed by atoms with Crippen LogP contribution in [0.15, 0.2) is 12.3 Å². The van der Waals surface area contributed by atoms with E-state index >= 15 is 0 Å². The van der Waals surface area contributed by atoms with Crippen molar-refractivity contribution in [3.8, 4) is 0 Å². The average molecular weight is 291 g/mol. The van der Waals surface area contributed by atoms with Crippen LogP contribution < -0.4 is 0 Å². The molecule has 0 aliphatic carbocycles. The van der Waals surface area contributed by atoms with Gasteiger partial charge in [0.1, 0.15) is 5.15 Å². The van der Waals surface area contributed by atoms with Crippen LogP contribution in [0.2, 0.25) is 15.2 Å². The molecule has 2 rings (SSSR count). The maximum atomic E-state index is 6.08. The van der Waals surface area contributed by atoms with E-state index in [4.69, 9.17) is 34.8 Å². The highest BCUT2D eigenvalue weighted by molar-refractivity contribution is 6.34. The largest absolute Gasteiger partial charge is 0.264 e. The first-order valence-electron chi connectivity index (χ1n) is 4.98. The Morgan fingerprint density at radius 2 is 1.94 bits per heavy atom. The van der Waals surface area contributed by atoms with Crippen LogP contribution in [0.3, 0.4) is 0 Å². The molecule has 0 fully saturated rings. The van der Waals surface area contributed by atoms with Crippen LogP contribution in [-0.2, 0) is 6.54 Å². The van der Waals surface area contributed by atoms with Gasteiger partial charge in [-0.2, -0.15) is 5.10 Å². The molecule has 0 saturated carbocycles. The first-order chi connectivity index (χ1) is 7.99. The first kappa shape index (κ1) is 12.7. The summed E-state index contributed by atoms with van der Waals surface area (Å²) in [6, 6.07) is 1.62. The number of halogens is 3. The highest BCUT2D eigenvalue weighted by Crippen LogP contribution is 2.23. The number of pyridine rings is 1. The van der Waals surface area contributed by atoms with Crippen LogP contribution in [0.5, 0.6) is 0 Å². The molecule has 2 aromatic rings. The monoisotopic (exact) mass is 289 g/mol. The molecule has 0 unspecified atom stereocenters. The summed E-state index contributed by atoms with van der Waals surface area (Å²) in [5.74, 6) is 0. The fraction of sp³-hybridized carbons (Fsp3) is 0.273. The lowest BCUT2D eigenvalue weighted by atomic mass is 10.3. The van der Waals surface area contributed by atoms with Crippen molar-refractivity contribution in [3.05, 3.63) is 44.4 Å². The second-order valence-corrected chi connectivity index (χ2v) is 4.91. The van der Waals surface area contributed by atoms with E-state index in [-0.39, 0.29) is 0 Å². The summed E-state index contributed by atoms with van der Waals surface area (Å²) in [6.45, 7) is 4.32. The molecule has 0 saturated heterocycles. The minimum atomic E-state index is 0.380. The highest BCUT2D eigenvalue weighted by Gasteiger charge is 2.11. The van der Waals surface area contributed by atoms with Gasteiger partial charge < -0.3 is 0 Å². The highest BCUT2D eigenvalue weighted by atomic mass is 35.5. The fourth-order valence-corrected chi connectivity index (χ4v) is 2.10. The van der Waals surface area contributed by atoms with E-state index < -0.39 is 0 Å². The summed E-state index contributed by atoms with van der Waals surface area (Å²) in [7, 11) is 0. The molecule has 0 aliphatic heterocycles. The Morgan fingerprint density at radius 3 is 2.47 bits per heavy atom. The zero-order valence-electron chi connectivity index (χ0n) is 9.34. The normalized spacial score (nSPS) is 10.9. The molecule has 0 amide bonds. The topological polar surface area (TPSA) is 30.7 Å². The van der Waals surface area contributed by atoms with Crippen molar-refractivity contribution in [3.63, 3.8) is 0 Å². The van der Waals surface area contributed by atoms with Gasteiger partial charge in [-0.05, 0) is 19.9 Å². The third-order valence-corrected chi connectivity index (χ3v) is 3.62. The third kappa shape index (κ3) is 2.57. The third-order valence-electron chi connectivity index (χ3n) is 2.51. The smallest absolute Gasteiger partial charge is 0.130 e. The number of nitrogens with zero attached hydrogens (tertiary/aromatic N) is 3. The maximum Gasteiger partial charge on any atom is 0.130 e. The van der Waals surface area contributed by atoms with E-state index in [9.17, 15) is 0 Å². The number of hydrogen-bond donors (Lipinski definition) is 0. The summed E-state index contributed by atoms with van der Waals surface area (Å²) in [5, 5.41) is 5.97. The van der Waals surface area contributed by atoms with Crippen molar-refractivity contribution >= 4 is 34.8 Å². The summed E-state index contributed by atoms with van der Waals surface area (Å²) < 4.78 is 1.80. The summed E-state index contributed by atoms with van der Waals surface area (Å²) >= 11 is 17.9. The number of aromatic nitrogens is 3. The Kier molecular flexibility index (Phi) is 3.61. The molecule has 6 heteroatoms. The summed E-state index contributed by atoms with van der Waals surface area (Å²) in [6.07, 6.45) is 1.65. The van der Waals surface area contributed by atoms with E-state index in [0.29, 0.717) is 21.7 Å². The van der Waals surface area contributed by atoms with Gasteiger partial charge in [-0.1, -0.05) is 34.8 Å². The maximum absolute atomic E-state index is 6.08. The molecule has 2 heterocycles. The predicted molar refractivity (Wildman–Crippen MR) is 70.1 cm³/mol. The SMILES string of the molecule is Cc1nn(Cc2cnc(Cl)cc2Cl)c(C)c1Cl. The molecule has 2 aromatic heterocycles.